The fraction of sp³-hybridized carbons (Fsp3) is 0.250. The molecule has 2 aromatic carbocycles. The number of hydrogen-bond acceptors (Lipinski definition) is 8. The van der Waals surface area contributed by atoms with Crippen molar-refractivity contribution in [3.05, 3.63) is 96.2 Å². The van der Waals surface area contributed by atoms with E-state index in [0.717, 1.165) is 24.1 Å². The molecule has 0 radical (unpaired) electrons. The van der Waals surface area contributed by atoms with Crippen molar-refractivity contribution in [3.63, 3.8) is 0 Å². The normalized spacial score (nSPS) is 14.7. The summed E-state index contributed by atoms with van der Waals surface area (Å²) in [6, 6.07) is 18.5. The second-order valence-corrected chi connectivity index (χ2v) is 11.4. The van der Waals surface area contributed by atoms with E-state index in [1.165, 1.54) is 12.1 Å². The van der Waals surface area contributed by atoms with Crippen LogP contribution < -0.4 is 16.0 Å². The number of hydrogen-bond donors (Lipinski definition) is 3. The van der Waals surface area contributed by atoms with Crippen LogP contribution >= 0.6 is 0 Å². The van der Waals surface area contributed by atoms with Gasteiger partial charge in [-0.15, -0.1) is 0 Å². The Morgan fingerprint density at radius 2 is 1.59 bits per heavy atom. The third kappa shape index (κ3) is 6.94. The lowest BCUT2D eigenvalue weighted by molar-refractivity contribution is 0.288. The van der Waals surface area contributed by atoms with E-state index in [1.807, 2.05) is 25.3 Å². The van der Waals surface area contributed by atoms with Gasteiger partial charge in [-0.1, -0.05) is 6.07 Å². The van der Waals surface area contributed by atoms with Gasteiger partial charge in [0.1, 0.15) is 11.6 Å². The summed E-state index contributed by atoms with van der Waals surface area (Å²) in [5.74, 6) is 0.559. The van der Waals surface area contributed by atoms with Crippen LogP contribution in [0.2, 0.25) is 0 Å². The molecule has 0 saturated carbocycles. The molecule has 202 valence electrons. The number of anilines is 4. The zero-order valence-electron chi connectivity index (χ0n) is 21.5. The fourth-order valence-electron chi connectivity index (χ4n) is 4.31. The molecule has 9 nitrogen and oxygen atoms in total. The molecule has 1 fully saturated rings. The van der Waals surface area contributed by atoms with E-state index < -0.39 is 10.0 Å². The Hall–Kier alpha value is -3.93. The van der Waals surface area contributed by atoms with Crippen LogP contribution in [0.25, 0.3) is 0 Å². The lowest BCUT2D eigenvalue weighted by Crippen LogP contribution is -2.44. The molecule has 0 bridgehead atoms. The van der Waals surface area contributed by atoms with Crippen molar-refractivity contribution < 1.29 is 12.8 Å². The van der Waals surface area contributed by atoms with Crippen LogP contribution in [0.1, 0.15) is 24.1 Å². The van der Waals surface area contributed by atoms with Gasteiger partial charge in [-0.25, -0.2) is 17.8 Å². The van der Waals surface area contributed by atoms with Crippen molar-refractivity contribution in [2.45, 2.75) is 37.2 Å². The second kappa shape index (κ2) is 11.9. The molecule has 0 atom stereocenters. The van der Waals surface area contributed by atoms with Crippen LogP contribution in [0, 0.1) is 12.7 Å². The van der Waals surface area contributed by atoms with Gasteiger partial charge in [0.2, 0.25) is 16.0 Å². The standard InChI is InChI=1S/C28H30FN7O2S/c1-20-2-5-25(31-18-20)19-32-22-13-16-36(17-14-22)39(37,38)26-10-8-24(9-11-26)34-28-30-15-12-27(35-28)33-23-6-3-21(29)4-7-23/h2-12,15,18,22,32H,13-14,16-17,19H2,1H3,(H2,30,33,34,35). The number of nitrogens with zero attached hydrogens (tertiary/aromatic N) is 4. The number of aromatic nitrogens is 3. The number of rotatable bonds is 9. The third-order valence-corrected chi connectivity index (χ3v) is 8.43. The van der Waals surface area contributed by atoms with Crippen molar-refractivity contribution in [2.75, 3.05) is 23.7 Å². The van der Waals surface area contributed by atoms with Crippen molar-refractivity contribution in [3.8, 4) is 0 Å². The van der Waals surface area contributed by atoms with Gasteiger partial charge in [0, 0.05) is 49.4 Å². The minimum atomic E-state index is -3.59. The second-order valence-electron chi connectivity index (χ2n) is 9.43. The number of benzene rings is 2. The summed E-state index contributed by atoms with van der Waals surface area (Å²) >= 11 is 0. The molecule has 5 rings (SSSR count). The summed E-state index contributed by atoms with van der Waals surface area (Å²) < 4.78 is 41.2. The lowest BCUT2D eigenvalue weighted by atomic mass is 10.1. The first-order valence-corrected chi connectivity index (χ1v) is 14.2. The van der Waals surface area contributed by atoms with Crippen LogP contribution in [-0.4, -0.2) is 46.8 Å². The molecule has 4 aromatic rings. The molecule has 1 aliphatic rings. The highest BCUT2D eigenvalue weighted by Gasteiger charge is 2.29. The quantitative estimate of drug-likeness (QED) is 0.275. The average Bonchev–Trinajstić information content (AvgIpc) is 2.95. The van der Waals surface area contributed by atoms with Gasteiger partial charge >= 0.3 is 0 Å². The molecule has 1 aliphatic heterocycles. The first kappa shape index (κ1) is 26.7. The summed E-state index contributed by atoms with van der Waals surface area (Å²) in [5.41, 5.74) is 3.45. The van der Waals surface area contributed by atoms with E-state index in [0.29, 0.717) is 42.8 Å². The molecule has 0 amide bonds. The van der Waals surface area contributed by atoms with Crippen LogP contribution in [0.15, 0.2) is 84.0 Å². The first-order valence-electron chi connectivity index (χ1n) is 12.7. The molecular formula is C28H30FN7O2S. The van der Waals surface area contributed by atoms with E-state index in [1.54, 1.807) is 53.0 Å². The Bertz CT molecular complexity index is 1490. The summed E-state index contributed by atoms with van der Waals surface area (Å²) in [7, 11) is -3.59. The Balaban J connectivity index is 1.15. The topological polar surface area (TPSA) is 112 Å². The zero-order chi connectivity index (χ0) is 27.2. The van der Waals surface area contributed by atoms with Gasteiger partial charge in [-0.3, -0.25) is 4.98 Å². The molecule has 1 saturated heterocycles. The Morgan fingerprint density at radius 1 is 0.897 bits per heavy atom. The highest BCUT2D eigenvalue weighted by Crippen LogP contribution is 2.24. The van der Waals surface area contributed by atoms with Gasteiger partial charge in [-0.2, -0.15) is 9.29 Å². The number of halogens is 1. The zero-order valence-corrected chi connectivity index (χ0v) is 22.3. The van der Waals surface area contributed by atoms with E-state index in [2.05, 4.69) is 30.9 Å². The number of piperidine rings is 1. The Morgan fingerprint density at radius 3 is 2.28 bits per heavy atom. The molecule has 3 N–H and O–H groups in total. The van der Waals surface area contributed by atoms with Gasteiger partial charge < -0.3 is 16.0 Å². The Kier molecular flexibility index (Phi) is 8.10. The fourth-order valence-corrected chi connectivity index (χ4v) is 5.78. The molecule has 11 heteroatoms. The highest BCUT2D eigenvalue weighted by atomic mass is 32.2. The van der Waals surface area contributed by atoms with Crippen molar-refractivity contribution >= 4 is 33.2 Å². The van der Waals surface area contributed by atoms with Gasteiger partial charge in [0.05, 0.1) is 10.6 Å². The van der Waals surface area contributed by atoms with E-state index >= 15 is 0 Å². The SMILES string of the molecule is Cc1ccc(CNC2CCN(S(=O)(=O)c3ccc(Nc4nccc(Nc5ccc(F)cc5)n4)cc3)CC2)nc1. The molecule has 3 heterocycles. The molecule has 39 heavy (non-hydrogen) atoms. The maximum Gasteiger partial charge on any atom is 0.243 e. The monoisotopic (exact) mass is 547 g/mol. The summed E-state index contributed by atoms with van der Waals surface area (Å²) in [6.45, 7) is 3.60. The maximum absolute atomic E-state index is 13.2. The average molecular weight is 548 g/mol. The van der Waals surface area contributed by atoms with Crippen LogP contribution in [0.4, 0.5) is 27.5 Å². The third-order valence-electron chi connectivity index (χ3n) is 6.52. The minimum Gasteiger partial charge on any atom is -0.340 e. The lowest BCUT2D eigenvalue weighted by Gasteiger charge is -2.31. The van der Waals surface area contributed by atoms with E-state index in [-0.39, 0.29) is 16.8 Å². The van der Waals surface area contributed by atoms with Crippen LogP contribution in [0.3, 0.4) is 0 Å². The van der Waals surface area contributed by atoms with Crippen LogP contribution in [0.5, 0.6) is 0 Å². The van der Waals surface area contributed by atoms with Gasteiger partial charge in [0.15, 0.2) is 0 Å². The summed E-state index contributed by atoms with van der Waals surface area (Å²) in [6.07, 6.45) is 4.93. The van der Waals surface area contributed by atoms with Gasteiger partial charge in [-0.05, 0) is 86.0 Å². The van der Waals surface area contributed by atoms with E-state index in [9.17, 15) is 12.8 Å². The highest BCUT2D eigenvalue weighted by molar-refractivity contribution is 7.89. The van der Waals surface area contributed by atoms with Crippen molar-refractivity contribution in [2.24, 2.45) is 0 Å². The summed E-state index contributed by atoms with van der Waals surface area (Å²) in [4.78, 5) is 13.3. The van der Waals surface area contributed by atoms with Gasteiger partial charge in [0.25, 0.3) is 0 Å². The van der Waals surface area contributed by atoms with Crippen molar-refractivity contribution in [1.29, 1.82) is 0 Å². The molecule has 0 spiro atoms. The molecule has 0 unspecified atom stereocenters. The predicted octanol–water partition coefficient (Wildman–Crippen LogP) is 4.75. The maximum atomic E-state index is 13.2. The number of aryl methyl sites for hydroxylation is 1. The number of sulfonamides is 1. The molecule has 0 aliphatic carbocycles. The minimum absolute atomic E-state index is 0.246. The summed E-state index contributed by atoms with van der Waals surface area (Å²) in [5, 5.41) is 9.68. The molecular weight excluding hydrogens is 517 g/mol. The largest absolute Gasteiger partial charge is 0.340 e. The first-order chi connectivity index (χ1) is 18.8. The number of pyridine rings is 1. The number of nitrogens with one attached hydrogen (secondary N) is 3. The van der Waals surface area contributed by atoms with Crippen molar-refractivity contribution in [1.82, 2.24) is 24.6 Å². The van der Waals surface area contributed by atoms with Crippen LogP contribution in [-0.2, 0) is 16.6 Å². The Labute approximate surface area is 227 Å². The molecule has 2 aromatic heterocycles. The smallest absolute Gasteiger partial charge is 0.243 e. The predicted molar refractivity (Wildman–Crippen MR) is 149 cm³/mol. The van der Waals surface area contributed by atoms with E-state index in [4.69, 9.17) is 0 Å².